The van der Waals surface area contributed by atoms with E-state index < -0.39 is 0 Å². The van der Waals surface area contributed by atoms with Crippen molar-refractivity contribution in [3.8, 4) is 0 Å². The summed E-state index contributed by atoms with van der Waals surface area (Å²) in [6, 6.07) is 8.02. The molecule has 2 aromatic rings. The lowest BCUT2D eigenvalue weighted by Crippen LogP contribution is -2.45. The first-order valence-corrected chi connectivity index (χ1v) is 9.18. The molecule has 0 saturated carbocycles. The van der Waals surface area contributed by atoms with Gasteiger partial charge in [-0.25, -0.2) is 4.98 Å². The van der Waals surface area contributed by atoms with E-state index in [1.807, 2.05) is 40.1 Å². The van der Waals surface area contributed by atoms with Crippen LogP contribution in [0.25, 0.3) is 0 Å². The molecule has 1 spiro atoms. The highest BCUT2D eigenvalue weighted by Crippen LogP contribution is 2.40. The minimum absolute atomic E-state index is 0.193. The van der Waals surface area contributed by atoms with Gasteiger partial charge in [-0.1, -0.05) is 6.07 Å². The normalized spacial score (nSPS) is 24.3. The highest BCUT2D eigenvalue weighted by molar-refractivity contribution is 7.08. The lowest BCUT2D eigenvalue weighted by atomic mass is 9.79. The molecule has 0 unspecified atom stereocenters. The van der Waals surface area contributed by atoms with Crippen LogP contribution >= 0.6 is 11.3 Å². The van der Waals surface area contributed by atoms with E-state index in [0.29, 0.717) is 0 Å². The van der Waals surface area contributed by atoms with Crippen molar-refractivity contribution >= 4 is 23.1 Å². The molecular weight excluding hydrogens is 306 g/mol. The largest absolute Gasteiger partial charge is 0.356 e. The Kier molecular flexibility index (Phi) is 3.81. The Bertz CT molecular complexity index is 673. The third-order valence-electron chi connectivity index (χ3n) is 5.13. The summed E-state index contributed by atoms with van der Waals surface area (Å²) >= 11 is 1.59. The summed E-state index contributed by atoms with van der Waals surface area (Å²) in [7, 11) is 0. The first-order chi connectivity index (χ1) is 11.3. The van der Waals surface area contributed by atoms with Gasteiger partial charge in [0.1, 0.15) is 5.82 Å². The van der Waals surface area contributed by atoms with Crippen LogP contribution in [0.4, 0.5) is 5.82 Å². The van der Waals surface area contributed by atoms with Crippen molar-refractivity contribution in [1.82, 2.24) is 9.88 Å². The van der Waals surface area contributed by atoms with Crippen molar-refractivity contribution in [3.63, 3.8) is 0 Å². The van der Waals surface area contributed by atoms with E-state index in [1.54, 1.807) is 11.3 Å². The average molecular weight is 327 g/mol. The minimum Gasteiger partial charge on any atom is -0.356 e. The molecule has 2 aromatic heterocycles. The van der Waals surface area contributed by atoms with Crippen molar-refractivity contribution in [3.05, 3.63) is 46.8 Å². The maximum atomic E-state index is 12.6. The number of nitrogens with zero attached hydrogens (tertiary/aromatic N) is 3. The summed E-state index contributed by atoms with van der Waals surface area (Å²) in [6.45, 7) is 3.84. The molecule has 1 amide bonds. The van der Waals surface area contributed by atoms with E-state index >= 15 is 0 Å². The number of likely N-dealkylation sites (tertiary alicyclic amines) is 1. The molecule has 1 atom stereocenters. The molecule has 2 fully saturated rings. The number of hydrogen-bond acceptors (Lipinski definition) is 4. The Hall–Kier alpha value is -1.88. The zero-order chi connectivity index (χ0) is 15.7. The fourth-order valence-electron chi connectivity index (χ4n) is 3.95. The molecule has 2 aliphatic heterocycles. The number of anilines is 1. The second kappa shape index (κ2) is 5.96. The first kappa shape index (κ1) is 14.7. The Morgan fingerprint density at radius 2 is 2.13 bits per heavy atom. The smallest absolute Gasteiger partial charge is 0.254 e. The zero-order valence-electron chi connectivity index (χ0n) is 13.1. The van der Waals surface area contributed by atoms with Gasteiger partial charge in [0.05, 0.1) is 5.56 Å². The molecule has 4 heterocycles. The topological polar surface area (TPSA) is 36.4 Å². The number of rotatable bonds is 2. The van der Waals surface area contributed by atoms with Crippen molar-refractivity contribution in [2.24, 2.45) is 5.41 Å². The Labute approximate surface area is 140 Å². The quantitative estimate of drug-likeness (QED) is 0.849. The molecule has 0 bridgehead atoms. The number of amides is 1. The average Bonchev–Trinajstić information content (AvgIpc) is 3.26. The van der Waals surface area contributed by atoms with Crippen LogP contribution < -0.4 is 4.90 Å². The summed E-state index contributed by atoms with van der Waals surface area (Å²) in [5, 5.41) is 3.93. The molecule has 4 nitrogen and oxygen atoms in total. The molecule has 120 valence electrons. The molecule has 0 N–H and O–H groups in total. The van der Waals surface area contributed by atoms with Crippen molar-refractivity contribution in [2.45, 2.75) is 19.3 Å². The van der Waals surface area contributed by atoms with Gasteiger partial charge in [-0.15, -0.1) is 0 Å². The summed E-state index contributed by atoms with van der Waals surface area (Å²) in [5.41, 5.74) is 1.07. The second-order valence-electron chi connectivity index (χ2n) is 6.70. The van der Waals surface area contributed by atoms with Gasteiger partial charge in [-0.05, 0) is 42.8 Å². The molecule has 4 rings (SSSR count). The van der Waals surface area contributed by atoms with Crippen LogP contribution in [-0.2, 0) is 0 Å². The highest BCUT2D eigenvalue weighted by atomic mass is 32.1. The third kappa shape index (κ3) is 2.85. The summed E-state index contributed by atoms with van der Waals surface area (Å²) in [4.78, 5) is 21.5. The molecule has 2 aliphatic rings. The Balaban J connectivity index is 1.48. The van der Waals surface area contributed by atoms with Crippen LogP contribution in [-0.4, -0.2) is 42.0 Å². The number of piperidine rings is 1. The number of hydrogen-bond donors (Lipinski definition) is 0. The van der Waals surface area contributed by atoms with Crippen molar-refractivity contribution in [2.75, 3.05) is 31.1 Å². The van der Waals surface area contributed by atoms with Gasteiger partial charge >= 0.3 is 0 Å². The first-order valence-electron chi connectivity index (χ1n) is 8.23. The molecular formula is C18H21N3OS. The van der Waals surface area contributed by atoms with E-state index in [0.717, 1.165) is 44.0 Å². The number of pyridine rings is 1. The maximum Gasteiger partial charge on any atom is 0.254 e. The van der Waals surface area contributed by atoms with E-state index in [2.05, 4.69) is 16.0 Å². The minimum atomic E-state index is 0.193. The van der Waals surface area contributed by atoms with Crippen LogP contribution in [0, 0.1) is 5.41 Å². The Morgan fingerprint density at radius 3 is 2.91 bits per heavy atom. The van der Waals surface area contributed by atoms with Crippen LogP contribution in [0.5, 0.6) is 0 Å². The van der Waals surface area contributed by atoms with Crippen molar-refractivity contribution < 1.29 is 4.79 Å². The van der Waals surface area contributed by atoms with E-state index in [1.165, 1.54) is 12.8 Å². The molecule has 0 aromatic carbocycles. The van der Waals surface area contributed by atoms with Gasteiger partial charge in [-0.3, -0.25) is 4.79 Å². The van der Waals surface area contributed by atoms with Gasteiger partial charge in [0, 0.05) is 43.2 Å². The Morgan fingerprint density at radius 1 is 1.17 bits per heavy atom. The van der Waals surface area contributed by atoms with Gasteiger partial charge in [0.15, 0.2) is 0 Å². The lowest BCUT2D eigenvalue weighted by molar-refractivity contribution is 0.0768. The van der Waals surface area contributed by atoms with Crippen LogP contribution in [0.2, 0.25) is 0 Å². The summed E-state index contributed by atoms with van der Waals surface area (Å²) < 4.78 is 0. The predicted octanol–water partition coefficient (Wildman–Crippen LogP) is 3.28. The third-order valence-corrected chi connectivity index (χ3v) is 5.81. The van der Waals surface area contributed by atoms with Gasteiger partial charge in [0.2, 0.25) is 0 Å². The second-order valence-corrected chi connectivity index (χ2v) is 7.48. The molecule has 5 heteroatoms. The van der Waals surface area contributed by atoms with Crippen LogP contribution in [0.1, 0.15) is 29.6 Å². The predicted molar refractivity (Wildman–Crippen MR) is 93.0 cm³/mol. The standard InChI is InChI=1S/C18H21N3OS/c22-17(15-5-11-23-12-15)21-10-7-18(14-21)6-3-9-20(13-18)16-4-1-2-8-19-16/h1-2,4-5,8,11-12H,3,6-7,9-10,13-14H2/t18-/m0/s1. The highest BCUT2D eigenvalue weighted by Gasteiger charge is 2.43. The fourth-order valence-corrected chi connectivity index (χ4v) is 4.58. The zero-order valence-corrected chi connectivity index (χ0v) is 14.0. The molecule has 2 saturated heterocycles. The molecule has 0 aliphatic carbocycles. The van der Waals surface area contributed by atoms with Gasteiger partial charge < -0.3 is 9.80 Å². The van der Waals surface area contributed by atoms with E-state index in [9.17, 15) is 4.79 Å². The number of aromatic nitrogens is 1. The molecule has 0 radical (unpaired) electrons. The number of thiophene rings is 1. The fraction of sp³-hybridized carbons (Fsp3) is 0.444. The number of carbonyl (C=O) groups excluding carboxylic acids is 1. The maximum absolute atomic E-state index is 12.6. The van der Waals surface area contributed by atoms with Crippen molar-refractivity contribution in [1.29, 1.82) is 0 Å². The summed E-state index contributed by atoms with van der Waals surface area (Å²) in [6.07, 6.45) is 5.35. The van der Waals surface area contributed by atoms with Crippen LogP contribution in [0.3, 0.4) is 0 Å². The lowest BCUT2D eigenvalue weighted by Gasteiger charge is -2.41. The van der Waals surface area contributed by atoms with Gasteiger partial charge in [0.25, 0.3) is 5.91 Å². The summed E-state index contributed by atoms with van der Waals surface area (Å²) in [5.74, 6) is 1.26. The van der Waals surface area contributed by atoms with E-state index in [4.69, 9.17) is 0 Å². The molecule has 23 heavy (non-hydrogen) atoms. The van der Waals surface area contributed by atoms with E-state index in [-0.39, 0.29) is 11.3 Å². The van der Waals surface area contributed by atoms with Gasteiger partial charge in [-0.2, -0.15) is 11.3 Å². The SMILES string of the molecule is O=C(c1ccsc1)N1CC[C@]2(CCCN(c3ccccn3)C2)C1. The number of carbonyl (C=O) groups is 1. The van der Waals surface area contributed by atoms with Crippen LogP contribution in [0.15, 0.2) is 41.2 Å². The monoisotopic (exact) mass is 327 g/mol.